The lowest BCUT2D eigenvalue weighted by Gasteiger charge is -2.47. The van der Waals surface area contributed by atoms with Crippen LogP contribution in [0.5, 0.6) is 5.75 Å². The van der Waals surface area contributed by atoms with Gasteiger partial charge in [-0.1, -0.05) is 19.4 Å². The molecule has 2 aliphatic heterocycles. The van der Waals surface area contributed by atoms with E-state index < -0.39 is 0 Å². The Morgan fingerprint density at radius 2 is 2.07 bits per heavy atom. The maximum absolute atomic E-state index is 6.02. The van der Waals surface area contributed by atoms with Crippen LogP contribution >= 0.6 is 0 Å². The van der Waals surface area contributed by atoms with Crippen LogP contribution in [0.1, 0.15) is 39.0 Å². The maximum atomic E-state index is 6.02. The molecule has 1 saturated heterocycles. The number of unbranched alkanes of at least 4 members (excludes halogenated alkanes) is 1. The summed E-state index contributed by atoms with van der Waals surface area (Å²) in [4.78, 5) is 11.7. The molecule has 3 heterocycles. The van der Waals surface area contributed by atoms with E-state index in [4.69, 9.17) is 14.5 Å². The van der Waals surface area contributed by atoms with Gasteiger partial charge >= 0.3 is 0 Å². The lowest BCUT2D eigenvalue weighted by molar-refractivity contribution is -0.0524. The zero-order valence-corrected chi connectivity index (χ0v) is 17.7. The fraction of sp³-hybridized carbons (Fsp3) is 0.636. The smallest absolute Gasteiger partial charge is 0.204 e. The molecular weight excluding hydrogens is 366 g/mol. The first-order valence-corrected chi connectivity index (χ1v) is 11.0. The van der Waals surface area contributed by atoms with Gasteiger partial charge in [0.1, 0.15) is 0 Å². The Hall–Kier alpha value is -2.12. The van der Waals surface area contributed by atoms with Gasteiger partial charge in [-0.15, -0.1) is 0 Å². The summed E-state index contributed by atoms with van der Waals surface area (Å²) >= 11 is 0. The molecule has 1 unspecified atom stereocenters. The molecule has 29 heavy (non-hydrogen) atoms. The van der Waals surface area contributed by atoms with Gasteiger partial charge in [0.25, 0.3) is 0 Å². The molecule has 0 amide bonds. The molecule has 0 spiro atoms. The van der Waals surface area contributed by atoms with Crippen LogP contribution in [-0.4, -0.2) is 73.4 Å². The first kappa shape index (κ1) is 20.2. The Balaban J connectivity index is 1.43. The van der Waals surface area contributed by atoms with Gasteiger partial charge in [-0.2, -0.15) is 0 Å². The van der Waals surface area contributed by atoms with Crippen LogP contribution in [-0.2, 0) is 4.74 Å². The van der Waals surface area contributed by atoms with Crippen LogP contribution in [0.25, 0.3) is 0 Å². The number of nitrogens with zero attached hydrogens (tertiary/aromatic N) is 5. The van der Waals surface area contributed by atoms with Crippen LogP contribution in [0, 0.1) is 0 Å². The van der Waals surface area contributed by atoms with Gasteiger partial charge in [0.15, 0.2) is 11.6 Å². The second-order valence-electron chi connectivity index (χ2n) is 7.85. The molecule has 3 aliphatic rings. The van der Waals surface area contributed by atoms with Gasteiger partial charge in [-0.05, 0) is 37.8 Å². The second kappa shape index (κ2) is 9.59. The molecule has 7 heteroatoms. The molecule has 7 nitrogen and oxygen atoms in total. The highest BCUT2D eigenvalue weighted by Crippen LogP contribution is 2.31. The predicted octanol–water partition coefficient (Wildman–Crippen LogP) is 3.09. The van der Waals surface area contributed by atoms with Crippen LogP contribution < -0.4 is 9.64 Å². The van der Waals surface area contributed by atoms with Crippen molar-refractivity contribution >= 4 is 11.7 Å². The number of hydrogen-bond acceptors (Lipinski definition) is 7. The zero-order chi connectivity index (χ0) is 20.1. The minimum atomic E-state index is 0.387. The molecule has 158 valence electrons. The molecule has 0 aromatic carbocycles. The van der Waals surface area contributed by atoms with Crippen molar-refractivity contribution < 1.29 is 9.47 Å². The third-order valence-corrected chi connectivity index (χ3v) is 5.94. The molecule has 1 aromatic heterocycles. The normalized spacial score (nSPS) is 23.2. The van der Waals surface area contributed by atoms with Crippen molar-refractivity contribution in [1.82, 2.24) is 15.0 Å². The highest BCUT2D eigenvalue weighted by molar-refractivity contribution is 5.80. The molecule has 1 atom stereocenters. The van der Waals surface area contributed by atoms with E-state index in [0.29, 0.717) is 6.04 Å². The third kappa shape index (κ3) is 4.56. The van der Waals surface area contributed by atoms with E-state index in [1.54, 1.807) is 7.11 Å². The van der Waals surface area contributed by atoms with Gasteiger partial charge in [0.2, 0.25) is 5.90 Å². The fourth-order valence-corrected chi connectivity index (χ4v) is 4.35. The SMILES string of the molecule is CCCCOC1=NC2=CCCCC2N(N2CCN(c3ncccc3OC)CC2)C1. The molecule has 1 aromatic rings. The summed E-state index contributed by atoms with van der Waals surface area (Å²) in [5, 5.41) is 5.00. The van der Waals surface area contributed by atoms with Crippen molar-refractivity contribution in [2.45, 2.75) is 45.1 Å². The van der Waals surface area contributed by atoms with Crippen molar-refractivity contribution in [3.05, 3.63) is 30.1 Å². The van der Waals surface area contributed by atoms with E-state index in [2.05, 4.69) is 32.9 Å². The van der Waals surface area contributed by atoms with Crippen LogP contribution in [0.15, 0.2) is 35.1 Å². The Labute approximate surface area is 174 Å². The number of ether oxygens (including phenoxy) is 2. The summed E-state index contributed by atoms with van der Waals surface area (Å²) in [6.07, 6.45) is 9.89. The van der Waals surface area contributed by atoms with Crippen molar-refractivity contribution in [3.8, 4) is 5.75 Å². The summed E-state index contributed by atoms with van der Waals surface area (Å²) in [5.74, 6) is 2.66. The van der Waals surface area contributed by atoms with Gasteiger partial charge in [-0.25, -0.2) is 20.0 Å². The summed E-state index contributed by atoms with van der Waals surface area (Å²) in [6.45, 7) is 7.51. The Morgan fingerprint density at radius 3 is 2.86 bits per heavy atom. The van der Waals surface area contributed by atoms with Crippen LogP contribution in [0.4, 0.5) is 5.82 Å². The largest absolute Gasteiger partial charge is 0.493 e. The van der Waals surface area contributed by atoms with Gasteiger partial charge in [0.05, 0.1) is 32.0 Å². The second-order valence-corrected chi connectivity index (χ2v) is 7.85. The van der Waals surface area contributed by atoms with Crippen molar-refractivity contribution in [1.29, 1.82) is 0 Å². The fourth-order valence-electron chi connectivity index (χ4n) is 4.35. The lowest BCUT2D eigenvalue weighted by Crippen LogP contribution is -2.60. The van der Waals surface area contributed by atoms with E-state index in [1.165, 1.54) is 18.5 Å². The topological polar surface area (TPSA) is 53.4 Å². The summed E-state index contributed by atoms with van der Waals surface area (Å²) in [6, 6.07) is 4.29. The number of fused-ring (bicyclic) bond motifs is 1. The number of hydrazine groups is 1. The van der Waals surface area contributed by atoms with E-state index in [0.717, 1.165) is 76.1 Å². The number of allylic oxidation sites excluding steroid dienone is 1. The molecule has 4 rings (SSSR count). The lowest BCUT2D eigenvalue weighted by atomic mass is 9.97. The van der Waals surface area contributed by atoms with Gasteiger partial charge in [0, 0.05) is 32.4 Å². The van der Waals surface area contributed by atoms with Gasteiger partial charge in [-0.3, -0.25) is 0 Å². The third-order valence-electron chi connectivity index (χ3n) is 5.94. The Bertz CT molecular complexity index is 742. The van der Waals surface area contributed by atoms with Gasteiger partial charge < -0.3 is 14.4 Å². The number of piperazine rings is 1. The number of pyridine rings is 1. The quantitative estimate of drug-likeness (QED) is 0.685. The first-order valence-electron chi connectivity index (χ1n) is 11.0. The molecule has 0 saturated carbocycles. The molecule has 0 N–H and O–H groups in total. The number of anilines is 1. The van der Waals surface area contributed by atoms with E-state index in [9.17, 15) is 0 Å². The summed E-state index contributed by atoms with van der Waals surface area (Å²) in [7, 11) is 1.71. The monoisotopic (exact) mass is 399 g/mol. The standard InChI is InChI=1S/C22H33N5O2/c1-3-4-16-29-21-17-27(19-9-6-5-8-18(19)24-21)26-14-12-25(13-15-26)22-20(28-2)10-7-11-23-22/h7-8,10-11,19H,3-6,9,12-17H2,1-2H3. The zero-order valence-electron chi connectivity index (χ0n) is 17.7. The molecular formula is C22H33N5O2. The Morgan fingerprint density at radius 1 is 1.21 bits per heavy atom. The molecule has 1 fully saturated rings. The Kier molecular flexibility index (Phi) is 6.67. The summed E-state index contributed by atoms with van der Waals surface area (Å²) in [5.41, 5.74) is 1.20. The maximum Gasteiger partial charge on any atom is 0.204 e. The average molecular weight is 400 g/mol. The minimum Gasteiger partial charge on any atom is -0.493 e. The van der Waals surface area contributed by atoms with Crippen molar-refractivity contribution in [2.24, 2.45) is 4.99 Å². The van der Waals surface area contributed by atoms with E-state index in [1.807, 2.05) is 18.3 Å². The minimum absolute atomic E-state index is 0.387. The number of hydrogen-bond donors (Lipinski definition) is 0. The van der Waals surface area contributed by atoms with Crippen LogP contribution in [0.3, 0.4) is 0 Å². The van der Waals surface area contributed by atoms with Crippen molar-refractivity contribution in [3.63, 3.8) is 0 Å². The number of rotatable bonds is 6. The number of methoxy groups -OCH3 is 1. The molecule has 1 aliphatic carbocycles. The number of aliphatic imine (C=N–C) groups is 1. The highest BCUT2D eigenvalue weighted by atomic mass is 16.5. The molecule has 0 radical (unpaired) electrons. The first-order chi connectivity index (χ1) is 14.3. The number of aromatic nitrogens is 1. The average Bonchev–Trinajstić information content (AvgIpc) is 2.79. The predicted molar refractivity (Wildman–Crippen MR) is 115 cm³/mol. The highest BCUT2D eigenvalue weighted by Gasteiger charge is 2.35. The van der Waals surface area contributed by atoms with Crippen LogP contribution in [0.2, 0.25) is 0 Å². The van der Waals surface area contributed by atoms with E-state index in [-0.39, 0.29) is 0 Å². The molecule has 0 bridgehead atoms. The van der Waals surface area contributed by atoms with Crippen molar-refractivity contribution in [2.75, 3.05) is 51.3 Å². The van der Waals surface area contributed by atoms with E-state index >= 15 is 0 Å². The summed E-state index contributed by atoms with van der Waals surface area (Å²) < 4.78 is 11.5.